The Hall–Kier alpha value is -4.83. The Labute approximate surface area is 273 Å². The van der Waals surface area contributed by atoms with E-state index in [-0.39, 0.29) is 12.5 Å². The van der Waals surface area contributed by atoms with Crippen molar-refractivity contribution in [2.45, 2.75) is 44.1 Å². The zero-order chi connectivity index (χ0) is 33.4. The Morgan fingerprint density at radius 3 is 2.19 bits per heavy atom. The van der Waals surface area contributed by atoms with E-state index in [1.165, 1.54) is 18.2 Å². The summed E-state index contributed by atoms with van der Waals surface area (Å²) in [5, 5.41) is 0. The molecular weight excluding hydrogens is 603 g/mol. The number of piperidine rings is 1. The van der Waals surface area contributed by atoms with Gasteiger partial charge in [-0.05, 0) is 67.9 Å². The predicted molar refractivity (Wildman–Crippen MR) is 176 cm³/mol. The number of aromatic nitrogens is 2. The maximum Gasteiger partial charge on any atom is 0.433 e. The highest BCUT2D eigenvalue weighted by Crippen LogP contribution is 2.27. The summed E-state index contributed by atoms with van der Waals surface area (Å²) in [7, 11) is 4.08. The third-order valence-electron chi connectivity index (χ3n) is 8.49. The third kappa shape index (κ3) is 8.92. The van der Waals surface area contributed by atoms with Crippen molar-refractivity contribution in [2.24, 2.45) is 0 Å². The van der Waals surface area contributed by atoms with E-state index >= 15 is 0 Å². The van der Waals surface area contributed by atoms with Crippen molar-refractivity contribution >= 4 is 17.9 Å². The molecule has 10 heteroatoms. The number of amides is 2. The summed E-state index contributed by atoms with van der Waals surface area (Å²) < 4.78 is 39.1. The van der Waals surface area contributed by atoms with Gasteiger partial charge in [0.2, 0.25) is 11.8 Å². The molecule has 2 amide bonds. The molecule has 2 aromatic heterocycles. The van der Waals surface area contributed by atoms with Gasteiger partial charge >= 0.3 is 6.18 Å². The maximum absolute atomic E-state index is 14.3. The zero-order valence-electron chi connectivity index (χ0n) is 26.5. The molecule has 1 aliphatic rings. The summed E-state index contributed by atoms with van der Waals surface area (Å²) in [5.41, 5.74) is 2.79. The number of carbonyl (C=O) groups is 2. The maximum atomic E-state index is 14.3. The summed E-state index contributed by atoms with van der Waals surface area (Å²) in [6, 6.07) is 24.7. The van der Waals surface area contributed by atoms with Crippen LogP contribution >= 0.6 is 0 Å². The highest BCUT2D eigenvalue weighted by molar-refractivity contribution is 5.95. The van der Waals surface area contributed by atoms with Gasteiger partial charge in [0.1, 0.15) is 11.7 Å². The van der Waals surface area contributed by atoms with Crippen molar-refractivity contribution in [3.8, 4) is 11.3 Å². The number of hydrogen-bond acceptors (Lipinski definition) is 5. The number of rotatable bonds is 10. The molecule has 0 saturated carbocycles. The lowest BCUT2D eigenvalue weighted by Gasteiger charge is -2.39. The smallest absolute Gasteiger partial charge is 0.341 e. The van der Waals surface area contributed by atoms with Gasteiger partial charge in [0.05, 0.1) is 5.69 Å². The van der Waals surface area contributed by atoms with Crippen LogP contribution in [0.1, 0.15) is 35.2 Å². The number of hydrogen-bond donors (Lipinski definition) is 0. The molecule has 1 atom stereocenters. The minimum atomic E-state index is -4.56. The lowest BCUT2D eigenvalue weighted by atomic mass is 9.98. The summed E-state index contributed by atoms with van der Waals surface area (Å²) in [6.45, 7) is 1.32. The molecule has 1 aliphatic heterocycles. The van der Waals surface area contributed by atoms with Gasteiger partial charge in [0.15, 0.2) is 0 Å². The first kappa shape index (κ1) is 33.5. The largest absolute Gasteiger partial charge is 0.433 e. The minimum absolute atomic E-state index is 0.130. The van der Waals surface area contributed by atoms with E-state index in [4.69, 9.17) is 0 Å². The van der Waals surface area contributed by atoms with Gasteiger partial charge in [-0.15, -0.1) is 0 Å². The first-order valence-corrected chi connectivity index (χ1v) is 15.6. The Morgan fingerprint density at radius 1 is 0.894 bits per heavy atom. The second-order valence-corrected chi connectivity index (χ2v) is 11.9. The average Bonchev–Trinajstić information content (AvgIpc) is 3.09. The van der Waals surface area contributed by atoms with Crippen molar-refractivity contribution in [2.75, 3.05) is 27.2 Å². The third-order valence-corrected chi connectivity index (χ3v) is 8.49. The Bertz CT molecular complexity index is 1640. The molecule has 0 bridgehead atoms. The number of halogens is 3. The second kappa shape index (κ2) is 15.2. The quantitative estimate of drug-likeness (QED) is 0.188. The highest BCUT2D eigenvalue weighted by atomic mass is 19.4. The monoisotopic (exact) mass is 641 g/mol. The molecule has 1 unspecified atom stereocenters. The number of carbonyl (C=O) groups excluding carboxylic acids is 2. The van der Waals surface area contributed by atoms with Crippen LogP contribution in [0.5, 0.6) is 0 Å². The summed E-state index contributed by atoms with van der Waals surface area (Å²) >= 11 is 0. The molecule has 0 radical (unpaired) electrons. The molecule has 4 aromatic rings. The fourth-order valence-electron chi connectivity index (χ4n) is 5.77. The summed E-state index contributed by atoms with van der Waals surface area (Å²) in [5.74, 6) is -0.565. The van der Waals surface area contributed by atoms with Gasteiger partial charge in [-0.1, -0.05) is 66.7 Å². The summed E-state index contributed by atoms with van der Waals surface area (Å²) in [4.78, 5) is 41.9. The molecule has 3 heterocycles. The number of alkyl halides is 3. The Balaban J connectivity index is 1.46. The molecule has 244 valence electrons. The average molecular weight is 642 g/mol. The topological polar surface area (TPSA) is 69.6 Å². The molecule has 1 saturated heterocycles. The van der Waals surface area contributed by atoms with Crippen molar-refractivity contribution in [3.05, 3.63) is 126 Å². The van der Waals surface area contributed by atoms with Crippen molar-refractivity contribution in [3.63, 3.8) is 0 Å². The van der Waals surface area contributed by atoms with E-state index in [1.807, 2.05) is 91.8 Å². The first-order chi connectivity index (χ1) is 22.6. The number of pyridine rings is 2. The van der Waals surface area contributed by atoms with E-state index in [9.17, 15) is 22.8 Å². The normalized spacial score (nSPS) is 14.8. The molecule has 0 spiro atoms. The number of nitrogens with zero attached hydrogens (tertiary/aromatic N) is 5. The van der Waals surface area contributed by atoms with Crippen LogP contribution in [-0.4, -0.2) is 75.8 Å². The van der Waals surface area contributed by atoms with Crippen LogP contribution in [-0.2, 0) is 28.7 Å². The van der Waals surface area contributed by atoms with E-state index in [0.717, 1.165) is 47.5 Å². The molecular formula is C37H38F3N5O2. The molecule has 0 N–H and O–H groups in total. The highest BCUT2D eigenvalue weighted by Gasteiger charge is 2.35. The zero-order valence-corrected chi connectivity index (χ0v) is 26.5. The lowest BCUT2D eigenvalue weighted by molar-refractivity contribution is -0.145. The fraction of sp³-hybridized carbons (Fsp3) is 0.297. The van der Waals surface area contributed by atoms with Crippen LogP contribution < -0.4 is 0 Å². The van der Waals surface area contributed by atoms with Crippen LogP contribution in [0.25, 0.3) is 17.3 Å². The van der Waals surface area contributed by atoms with Gasteiger partial charge in [0.25, 0.3) is 0 Å². The molecule has 1 fully saturated rings. The predicted octanol–water partition coefficient (Wildman–Crippen LogP) is 6.37. The van der Waals surface area contributed by atoms with E-state index in [1.54, 1.807) is 11.1 Å². The van der Waals surface area contributed by atoms with Crippen molar-refractivity contribution in [1.82, 2.24) is 24.7 Å². The van der Waals surface area contributed by atoms with Crippen LogP contribution in [0, 0.1) is 0 Å². The van der Waals surface area contributed by atoms with E-state index < -0.39 is 23.8 Å². The molecule has 2 aromatic carbocycles. The van der Waals surface area contributed by atoms with Gasteiger partial charge < -0.3 is 14.7 Å². The van der Waals surface area contributed by atoms with Crippen LogP contribution in [0.2, 0.25) is 0 Å². The fourth-order valence-corrected chi connectivity index (χ4v) is 5.77. The van der Waals surface area contributed by atoms with Gasteiger partial charge in [0, 0.05) is 56.1 Å². The van der Waals surface area contributed by atoms with Crippen molar-refractivity contribution < 1.29 is 22.8 Å². The van der Waals surface area contributed by atoms with Crippen LogP contribution in [0.3, 0.4) is 0 Å². The molecule has 5 rings (SSSR count). The Morgan fingerprint density at radius 2 is 1.60 bits per heavy atom. The summed E-state index contributed by atoms with van der Waals surface area (Å²) in [6.07, 6.45) is 2.95. The standard InChI is InChI=1S/C37H38F3N5O2/c1-43(2)31-19-22-44(23-20-31)36(47)33(24-27-8-4-3-5-9-27)45(26-29-11-15-30(16-12-29)32-10-6-7-21-41-32)35(46)18-14-28-13-17-34(42-25-28)37(38,39)40/h3-18,21,25,31,33H,19-20,22-24,26H2,1-2H3. The lowest BCUT2D eigenvalue weighted by Crippen LogP contribution is -2.54. The van der Waals surface area contributed by atoms with Crippen molar-refractivity contribution in [1.29, 1.82) is 0 Å². The number of likely N-dealkylation sites (tertiary alicyclic amines) is 1. The van der Waals surface area contributed by atoms with Crippen LogP contribution in [0.15, 0.2) is 103 Å². The van der Waals surface area contributed by atoms with Gasteiger partial charge in [-0.2, -0.15) is 13.2 Å². The first-order valence-electron chi connectivity index (χ1n) is 15.6. The second-order valence-electron chi connectivity index (χ2n) is 11.9. The minimum Gasteiger partial charge on any atom is -0.341 e. The van der Waals surface area contributed by atoms with Gasteiger partial charge in [-0.3, -0.25) is 19.6 Å². The van der Waals surface area contributed by atoms with E-state index in [2.05, 4.69) is 14.9 Å². The van der Waals surface area contributed by atoms with Gasteiger partial charge in [-0.25, -0.2) is 0 Å². The van der Waals surface area contributed by atoms with Crippen LogP contribution in [0.4, 0.5) is 13.2 Å². The Kier molecular flexibility index (Phi) is 10.8. The molecule has 7 nitrogen and oxygen atoms in total. The molecule has 47 heavy (non-hydrogen) atoms. The number of benzene rings is 2. The molecule has 0 aliphatic carbocycles. The SMILES string of the molecule is CN(C)C1CCN(C(=O)C(Cc2ccccc2)N(Cc2ccc(-c3ccccn3)cc2)C(=O)C=Cc2ccc(C(F)(F)F)nc2)CC1. The van der Waals surface area contributed by atoms with E-state index in [0.29, 0.717) is 31.1 Å².